The quantitative estimate of drug-likeness (QED) is 0.508. The Labute approximate surface area is 64.4 Å². The smallest absolute Gasteiger partial charge is 0.0923 e. The largest absolute Gasteiger partial charge is 0.335 e. The highest BCUT2D eigenvalue weighted by Gasteiger charge is 2.35. The first-order valence-electron chi connectivity index (χ1n) is 4.34. The summed E-state index contributed by atoms with van der Waals surface area (Å²) in [6.07, 6.45) is 2.85. The van der Waals surface area contributed by atoms with Gasteiger partial charge in [0.25, 0.3) is 0 Å². The monoisotopic (exact) mass is 142 g/mol. The predicted molar refractivity (Wildman–Crippen MR) is 44.2 cm³/mol. The minimum Gasteiger partial charge on any atom is -0.335 e. The van der Waals surface area contributed by atoms with Gasteiger partial charge in [-0.25, -0.2) is 0 Å². The molecule has 10 heavy (non-hydrogen) atoms. The zero-order valence-electron chi connectivity index (χ0n) is 7.70. The fraction of sp³-hybridized carbons (Fsp3) is 1.00. The van der Waals surface area contributed by atoms with Crippen LogP contribution in [-0.4, -0.2) is 19.6 Å². The first-order chi connectivity index (χ1) is 4.52. The molecule has 1 aliphatic heterocycles. The van der Waals surface area contributed by atoms with Crippen LogP contribution in [0.5, 0.6) is 0 Å². The first-order valence-corrected chi connectivity index (χ1v) is 4.34. The second kappa shape index (κ2) is 2.54. The summed E-state index contributed by atoms with van der Waals surface area (Å²) in [5.41, 5.74) is 0.514. The maximum atomic E-state index is 2.35. The molecule has 0 bridgehead atoms. The molecule has 0 aliphatic carbocycles. The van der Waals surface area contributed by atoms with E-state index in [-0.39, 0.29) is 0 Å². The highest BCUT2D eigenvalue weighted by atomic mass is 15.2. The predicted octanol–water partition coefficient (Wildman–Crippen LogP) is 0.710. The molecule has 1 aliphatic rings. The van der Waals surface area contributed by atoms with Crippen molar-refractivity contribution in [1.29, 1.82) is 0 Å². The molecule has 0 aromatic carbocycles. The summed E-state index contributed by atoms with van der Waals surface area (Å²) in [5, 5.41) is 0. The third-order valence-electron chi connectivity index (χ3n) is 2.70. The van der Waals surface area contributed by atoms with Crippen LogP contribution in [0.1, 0.15) is 33.6 Å². The second-order valence-corrected chi connectivity index (χ2v) is 4.66. The van der Waals surface area contributed by atoms with Gasteiger partial charge in [0.2, 0.25) is 0 Å². The third kappa shape index (κ3) is 1.51. The van der Waals surface area contributed by atoms with E-state index in [0.717, 1.165) is 6.04 Å². The van der Waals surface area contributed by atoms with Crippen LogP contribution < -0.4 is 4.90 Å². The lowest BCUT2D eigenvalue weighted by molar-refractivity contribution is -0.899. The SMILES string of the molecule is C[NH+]1CCCC1C(C)(C)C. The first kappa shape index (κ1) is 8.06. The molecule has 0 spiro atoms. The summed E-state index contributed by atoms with van der Waals surface area (Å²) in [7, 11) is 2.32. The lowest BCUT2D eigenvalue weighted by Crippen LogP contribution is -3.12. The van der Waals surface area contributed by atoms with E-state index in [1.807, 2.05) is 0 Å². The fourth-order valence-electron chi connectivity index (χ4n) is 2.18. The summed E-state index contributed by atoms with van der Waals surface area (Å²) in [4.78, 5) is 1.73. The molecular weight excluding hydrogens is 122 g/mol. The zero-order valence-corrected chi connectivity index (χ0v) is 7.70. The number of rotatable bonds is 0. The van der Waals surface area contributed by atoms with Crippen molar-refractivity contribution < 1.29 is 4.90 Å². The number of hydrogen-bond acceptors (Lipinski definition) is 0. The molecule has 0 aromatic rings. The Bertz CT molecular complexity index is 112. The lowest BCUT2D eigenvalue weighted by atomic mass is 9.85. The molecule has 0 aromatic heterocycles. The van der Waals surface area contributed by atoms with Crippen LogP contribution >= 0.6 is 0 Å². The van der Waals surface area contributed by atoms with E-state index in [1.165, 1.54) is 19.4 Å². The van der Waals surface area contributed by atoms with Crippen LogP contribution in [0.15, 0.2) is 0 Å². The van der Waals surface area contributed by atoms with E-state index < -0.39 is 0 Å². The Morgan fingerprint density at radius 3 is 2.10 bits per heavy atom. The minimum absolute atomic E-state index is 0.514. The molecule has 1 heteroatoms. The highest BCUT2D eigenvalue weighted by Crippen LogP contribution is 2.22. The van der Waals surface area contributed by atoms with Gasteiger partial charge in [-0.3, -0.25) is 0 Å². The zero-order chi connectivity index (χ0) is 7.78. The van der Waals surface area contributed by atoms with Crippen molar-refractivity contribution in [2.24, 2.45) is 5.41 Å². The third-order valence-corrected chi connectivity index (χ3v) is 2.70. The van der Waals surface area contributed by atoms with Gasteiger partial charge in [-0.1, -0.05) is 20.8 Å². The molecule has 1 N–H and O–H groups in total. The van der Waals surface area contributed by atoms with E-state index >= 15 is 0 Å². The fourth-order valence-corrected chi connectivity index (χ4v) is 2.18. The Balaban J connectivity index is 2.55. The lowest BCUT2D eigenvalue weighted by Gasteiger charge is -2.29. The van der Waals surface area contributed by atoms with Crippen molar-refractivity contribution >= 4 is 0 Å². The normalized spacial score (nSPS) is 34.8. The van der Waals surface area contributed by atoms with Gasteiger partial charge in [0.05, 0.1) is 19.6 Å². The molecule has 1 saturated heterocycles. The van der Waals surface area contributed by atoms with Crippen LogP contribution in [-0.2, 0) is 0 Å². The van der Waals surface area contributed by atoms with Crippen LogP contribution in [0.3, 0.4) is 0 Å². The van der Waals surface area contributed by atoms with Gasteiger partial charge in [0, 0.05) is 18.3 Å². The van der Waals surface area contributed by atoms with E-state index in [4.69, 9.17) is 0 Å². The molecule has 2 atom stereocenters. The molecule has 2 unspecified atom stereocenters. The average molecular weight is 142 g/mol. The summed E-state index contributed by atoms with van der Waals surface area (Å²) in [6.45, 7) is 8.44. The molecule has 0 amide bonds. The topological polar surface area (TPSA) is 4.44 Å². The maximum absolute atomic E-state index is 2.35. The molecule has 0 saturated carbocycles. The van der Waals surface area contributed by atoms with Gasteiger partial charge in [0.1, 0.15) is 0 Å². The van der Waals surface area contributed by atoms with Crippen molar-refractivity contribution in [3.63, 3.8) is 0 Å². The standard InChI is InChI=1S/C9H19N/c1-9(2,3)8-6-5-7-10(8)4/h8H,5-7H2,1-4H3/p+1. The van der Waals surface area contributed by atoms with Crippen LogP contribution in [0.2, 0.25) is 0 Å². The minimum atomic E-state index is 0.514. The summed E-state index contributed by atoms with van der Waals surface area (Å²) >= 11 is 0. The van der Waals surface area contributed by atoms with Crippen molar-refractivity contribution in [3.05, 3.63) is 0 Å². The molecule has 1 fully saturated rings. The molecular formula is C9H20N+. The van der Waals surface area contributed by atoms with E-state index in [9.17, 15) is 0 Å². The molecule has 60 valence electrons. The maximum Gasteiger partial charge on any atom is 0.0923 e. The summed E-state index contributed by atoms with van der Waals surface area (Å²) in [6, 6.07) is 0.896. The Morgan fingerprint density at radius 2 is 1.90 bits per heavy atom. The molecule has 1 nitrogen and oxygen atoms in total. The number of likely N-dealkylation sites (tertiary alicyclic amines) is 1. The van der Waals surface area contributed by atoms with E-state index in [2.05, 4.69) is 27.8 Å². The van der Waals surface area contributed by atoms with Gasteiger partial charge in [-0.05, 0) is 0 Å². The summed E-state index contributed by atoms with van der Waals surface area (Å²) < 4.78 is 0. The van der Waals surface area contributed by atoms with Gasteiger partial charge in [0.15, 0.2) is 0 Å². The molecule has 1 heterocycles. The van der Waals surface area contributed by atoms with Gasteiger partial charge >= 0.3 is 0 Å². The Morgan fingerprint density at radius 1 is 1.30 bits per heavy atom. The van der Waals surface area contributed by atoms with Gasteiger partial charge in [-0.15, -0.1) is 0 Å². The highest BCUT2D eigenvalue weighted by molar-refractivity contribution is 4.75. The number of quaternary nitrogens is 1. The number of hydrogen-bond donors (Lipinski definition) is 1. The van der Waals surface area contributed by atoms with E-state index in [1.54, 1.807) is 4.90 Å². The van der Waals surface area contributed by atoms with Crippen molar-refractivity contribution in [2.75, 3.05) is 13.6 Å². The summed E-state index contributed by atoms with van der Waals surface area (Å²) in [5.74, 6) is 0. The van der Waals surface area contributed by atoms with Gasteiger partial charge < -0.3 is 4.90 Å². The van der Waals surface area contributed by atoms with Crippen molar-refractivity contribution in [2.45, 2.75) is 39.7 Å². The van der Waals surface area contributed by atoms with Crippen LogP contribution in [0, 0.1) is 5.41 Å². The van der Waals surface area contributed by atoms with E-state index in [0.29, 0.717) is 5.41 Å². The van der Waals surface area contributed by atoms with Gasteiger partial charge in [-0.2, -0.15) is 0 Å². The van der Waals surface area contributed by atoms with Crippen molar-refractivity contribution in [3.8, 4) is 0 Å². The Kier molecular flexibility index (Phi) is 2.04. The molecule has 1 rings (SSSR count). The van der Waals surface area contributed by atoms with Crippen LogP contribution in [0.4, 0.5) is 0 Å². The Hall–Kier alpha value is -0.0400. The average Bonchev–Trinajstić information content (AvgIpc) is 2.11. The number of nitrogens with one attached hydrogen (secondary N) is 1. The van der Waals surface area contributed by atoms with Crippen molar-refractivity contribution in [1.82, 2.24) is 0 Å². The molecule has 0 radical (unpaired) electrons. The van der Waals surface area contributed by atoms with Crippen LogP contribution in [0.25, 0.3) is 0 Å². The second-order valence-electron chi connectivity index (χ2n) is 4.66.